The molecule has 0 aliphatic heterocycles. The third kappa shape index (κ3) is 5.09. The molecule has 2 aromatic rings. The standard InChI is InChI=1S/C23H26ClF3N2O/c1-13-3-8-18(9-14(13)2)29-12-15-4-6-16(7-5-15)19-10-17(23(25,26)27)11-20(21(19)24)22(28)30/h3,8-11,15-16,29H,4-7,12H2,1-2H3,(H2,28,30). The molecule has 1 saturated carbocycles. The van der Waals surface area contributed by atoms with Crippen molar-refractivity contribution in [1.82, 2.24) is 0 Å². The van der Waals surface area contributed by atoms with E-state index in [1.807, 2.05) is 0 Å². The van der Waals surface area contributed by atoms with E-state index < -0.39 is 17.6 Å². The lowest BCUT2D eigenvalue weighted by atomic mass is 9.78. The molecule has 1 aliphatic rings. The zero-order valence-electron chi connectivity index (χ0n) is 17.1. The molecule has 3 rings (SSSR count). The molecule has 7 heteroatoms. The van der Waals surface area contributed by atoms with Crippen molar-refractivity contribution in [3.8, 4) is 0 Å². The number of nitrogens with one attached hydrogen (secondary N) is 1. The van der Waals surface area contributed by atoms with Crippen LogP contribution < -0.4 is 11.1 Å². The van der Waals surface area contributed by atoms with Crippen LogP contribution in [0, 0.1) is 19.8 Å². The number of carbonyl (C=O) groups excluding carboxylic acids is 1. The van der Waals surface area contributed by atoms with Crippen LogP contribution in [0.25, 0.3) is 0 Å². The number of amides is 1. The van der Waals surface area contributed by atoms with Crippen LogP contribution in [0.5, 0.6) is 0 Å². The van der Waals surface area contributed by atoms with Gasteiger partial charge in [-0.25, -0.2) is 0 Å². The van der Waals surface area contributed by atoms with Crippen LogP contribution >= 0.6 is 11.6 Å². The second kappa shape index (κ2) is 8.88. The molecule has 0 spiro atoms. The molecular weight excluding hydrogens is 413 g/mol. The summed E-state index contributed by atoms with van der Waals surface area (Å²) in [5.41, 5.74) is 8.05. The van der Waals surface area contributed by atoms with Crippen molar-refractivity contribution >= 4 is 23.2 Å². The first-order valence-corrected chi connectivity index (χ1v) is 10.5. The van der Waals surface area contributed by atoms with E-state index in [0.717, 1.165) is 50.0 Å². The van der Waals surface area contributed by atoms with Gasteiger partial charge in [0.15, 0.2) is 0 Å². The van der Waals surface area contributed by atoms with Gasteiger partial charge in [0.25, 0.3) is 0 Å². The summed E-state index contributed by atoms with van der Waals surface area (Å²) in [6.07, 6.45) is -1.37. The van der Waals surface area contributed by atoms with E-state index >= 15 is 0 Å². The maximum absolute atomic E-state index is 13.3. The highest BCUT2D eigenvalue weighted by Gasteiger charge is 2.34. The molecule has 30 heavy (non-hydrogen) atoms. The summed E-state index contributed by atoms with van der Waals surface area (Å²) >= 11 is 6.28. The summed E-state index contributed by atoms with van der Waals surface area (Å²) in [6.45, 7) is 4.96. The van der Waals surface area contributed by atoms with Gasteiger partial charge in [0, 0.05) is 12.2 Å². The van der Waals surface area contributed by atoms with Crippen LogP contribution in [0.15, 0.2) is 30.3 Å². The maximum Gasteiger partial charge on any atom is 0.416 e. The predicted octanol–water partition coefficient (Wildman–Crippen LogP) is 6.46. The van der Waals surface area contributed by atoms with Gasteiger partial charge in [0.2, 0.25) is 5.91 Å². The minimum atomic E-state index is -4.56. The molecule has 2 aromatic carbocycles. The number of halogens is 4. The molecule has 3 N–H and O–H groups in total. The molecule has 0 aromatic heterocycles. The predicted molar refractivity (Wildman–Crippen MR) is 114 cm³/mol. The molecule has 1 amide bonds. The van der Waals surface area contributed by atoms with Gasteiger partial charge in [-0.05, 0) is 92.3 Å². The Labute approximate surface area is 179 Å². The number of aryl methyl sites for hydroxylation is 2. The molecule has 0 saturated heterocycles. The second-order valence-corrected chi connectivity index (χ2v) is 8.56. The highest BCUT2D eigenvalue weighted by Crippen LogP contribution is 2.42. The Bertz CT molecular complexity index is 935. The van der Waals surface area contributed by atoms with Gasteiger partial charge in [-0.1, -0.05) is 17.7 Å². The topological polar surface area (TPSA) is 55.1 Å². The normalized spacial score (nSPS) is 19.5. The summed E-state index contributed by atoms with van der Waals surface area (Å²) < 4.78 is 39.9. The maximum atomic E-state index is 13.3. The molecule has 0 heterocycles. The Kier molecular flexibility index (Phi) is 6.65. The van der Waals surface area contributed by atoms with Crippen LogP contribution in [0.1, 0.15) is 64.2 Å². The Morgan fingerprint density at radius 1 is 1.10 bits per heavy atom. The van der Waals surface area contributed by atoms with Gasteiger partial charge in [-0.15, -0.1) is 0 Å². The molecule has 162 valence electrons. The van der Waals surface area contributed by atoms with E-state index in [9.17, 15) is 18.0 Å². The zero-order valence-corrected chi connectivity index (χ0v) is 17.8. The first kappa shape index (κ1) is 22.5. The lowest BCUT2D eigenvalue weighted by Crippen LogP contribution is -2.22. The van der Waals surface area contributed by atoms with E-state index in [1.165, 1.54) is 11.1 Å². The fraction of sp³-hybridized carbons (Fsp3) is 0.435. The quantitative estimate of drug-likeness (QED) is 0.562. The van der Waals surface area contributed by atoms with Crippen molar-refractivity contribution in [3.63, 3.8) is 0 Å². The second-order valence-electron chi connectivity index (χ2n) is 8.19. The van der Waals surface area contributed by atoms with Crippen molar-refractivity contribution in [1.29, 1.82) is 0 Å². The summed E-state index contributed by atoms with van der Waals surface area (Å²) in [5.74, 6) is -0.627. The monoisotopic (exact) mass is 438 g/mol. The smallest absolute Gasteiger partial charge is 0.385 e. The fourth-order valence-corrected chi connectivity index (χ4v) is 4.43. The number of anilines is 1. The zero-order chi connectivity index (χ0) is 22.1. The van der Waals surface area contributed by atoms with Gasteiger partial charge >= 0.3 is 6.18 Å². The van der Waals surface area contributed by atoms with E-state index in [4.69, 9.17) is 17.3 Å². The number of hydrogen-bond acceptors (Lipinski definition) is 2. The van der Waals surface area contributed by atoms with Crippen molar-refractivity contribution in [2.24, 2.45) is 11.7 Å². The third-order valence-corrected chi connectivity index (χ3v) is 6.50. The molecular formula is C23H26ClF3N2O. The molecule has 0 radical (unpaired) electrons. The minimum absolute atomic E-state index is 0.0483. The van der Waals surface area contributed by atoms with Crippen LogP contribution in [-0.2, 0) is 6.18 Å². The fourth-order valence-electron chi connectivity index (χ4n) is 4.08. The summed E-state index contributed by atoms with van der Waals surface area (Å²) in [5, 5.41) is 3.51. The lowest BCUT2D eigenvalue weighted by molar-refractivity contribution is -0.137. The summed E-state index contributed by atoms with van der Waals surface area (Å²) in [6, 6.07) is 8.08. The first-order valence-electron chi connectivity index (χ1n) is 10.1. The van der Waals surface area contributed by atoms with Crippen LogP contribution in [0.4, 0.5) is 18.9 Å². The average molecular weight is 439 g/mol. The SMILES string of the molecule is Cc1ccc(NCC2CCC(c3cc(C(F)(F)F)cc(C(N)=O)c3Cl)CC2)cc1C. The number of carbonyl (C=O) groups is 1. The number of rotatable bonds is 5. The van der Waals surface area contributed by atoms with E-state index in [0.29, 0.717) is 11.5 Å². The van der Waals surface area contributed by atoms with Crippen molar-refractivity contribution in [3.05, 3.63) is 63.2 Å². The number of primary amides is 1. The largest absolute Gasteiger partial charge is 0.416 e. The Morgan fingerprint density at radius 3 is 2.33 bits per heavy atom. The van der Waals surface area contributed by atoms with E-state index in [-0.39, 0.29) is 16.5 Å². The number of nitrogens with two attached hydrogens (primary N) is 1. The van der Waals surface area contributed by atoms with Gasteiger partial charge in [-0.3, -0.25) is 4.79 Å². The average Bonchev–Trinajstić information content (AvgIpc) is 2.68. The minimum Gasteiger partial charge on any atom is -0.385 e. The Balaban J connectivity index is 1.69. The van der Waals surface area contributed by atoms with Gasteiger partial charge in [0.1, 0.15) is 0 Å². The number of alkyl halides is 3. The number of hydrogen-bond donors (Lipinski definition) is 2. The van der Waals surface area contributed by atoms with Crippen molar-refractivity contribution < 1.29 is 18.0 Å². The Hall–Kier alpha value is -2.21. The van der Waals surface area contributed by atoms with Crippen molar-refractivity contribution in [2.75, 3.05) is 11.9 Å². The first-order chi connectivity index (χ1) is 14.1. The molecule has 0 bridgehead atoms. The van der Waals surface area contributed by atoms with Crippen LogP contribution in [0.3, 0.4) is 0 Å². The molecule has 1 aliphatic carbocycles. The lowest BCUT2D eigenvalue weighted by Gasteiger charge is -2.30. The highest BCUT2D eigenvalue weighted by molar-refractivity contribution is 6.34. The highest BCUT2D eigenvalue weighted by atomic mass is 35.5. The third-order valence-electron chi connectivity index (χ3n) is 6.08. The van der Waals surface area contributed by atoms with Gasteiger partial charge in [-0.2, -0.15) is 13.2 Å². The summed E-state index contributed by atoms with van der Waals surface area (Å²) in [7, 11) is 0. The van der Waals surface area contributed by atoms with Crippen LogP contribution in [0.2, 0.25) is 5.02 Å². The molecule has 0 unspecified atom stereocenters. The molecule has 3 nitrogen and oxygen atoms in total. The van der Waals surface area contributed by atoms with E-state index in [2.05, 4.69) is 37.4 Å². The van der Waals surface area contributed by atoms with E-state index in [1.54, 1.807) is 0 Å². The molecule has 0 atom stereocenters. The Morgan fingerprint density at radius 2 is 1.77 bits per heavy atom. The summed E-state index contributed by atoms with van der Waals surface area (Å²) in [4.78, 5) is 11.6. The van der Waals surface area contributed by atoms with Crippen LogP contribution in [-0.4, -0.2) is 12.5 Å². The van der Waals surface area contributed by atoms with Gasteiger partial charge in [0.05, 0.1) is 16.1 Å². The van der Waals surface area contributed by atoms with Crippen molar-refractivity contribution in [2.45, 2.75) is 51.6 Å². The number of benzene rings is 2. The van der Waals surface area contributed by atoms with Gasteiger partial charge < -0.3 is 11.1 Å². The molecule has 1 fully saturated rings.